The Morgan fingerprint density at radius 2 is 1.61 bits per heavy atom. The summed E-state index contributed by atoms with van der Waals surface area (Å²) in [7, 11) is 0. The van der Waals surface area contributed by atoms with E-state index in [4.69, 9.17) is 4.74 Å². The first-order valence-electron chi connectivity index (χ1n) is 7.39. The maximum absolute atomic E-state index is 5.75. The van der Waals surface area contributed by atoms with E-state index in [0.29, 0.717) is 0 Å². The van der Waals surface area contributed by atoms with Crippen LogP contribution in [0.1, 0.15) is 66.0 Å². The Bertz CT molecular complexity index is 290. The van der Waals surface area contributed by atoms with Gasteiger partial charge in [-0.2, -0.15) is 0 Å². The fraction of sp³-hybridized carbons (Fsp3) is 0.647. The summed E-state index contributed by atoms with van der Waals surface area (Å²) in [5.41, 5.74) is 2.64. The highest BCUT2D eigenvalue weighted by molar-refractivity contribution is 5.37. The van der Waals surface area contributed by atoms with Crippen LogP contribution in [-0.2, 0) is 6.42 Å². The molecule has 0 unspecified atom stereocenters. The molecule has 0 spiro atoms. The van der Waals surface area contributed by atoms with E-state index in [1.165, 1.54) is 11.1 Å². The van der Waals surface area contributed by atoms with Gasteiger partial charge in [-0.05, 0) is 38.8 Å². The minimum Gasteiger partial charge on any atom is -0.491 e. The third kappa shape index (κ3) is 8.16. The summed E-state index contributed by atoms with van der Waals surface area (Å²) in [6, 6.07) is 6.42. The molecule has 0 atom stereocenters. The number of ether oxygens (including phenoxy) is 1. The monoisotopic (exact) mass is 252 g/mol. The van der Waals surface area contributed by atoms with Gasteiger partial charge in [0.15, 0.2) is 0 Å². The molecule has 0 bridgehead atoms. The van der Waals surface area contributed by atoms with Crippen LogP contribution in [0.4, 0.5) is 0 Å². The second kappa shape index (κ2) is 12.5. The lowest BCUT2D eigenvalue weighted by atomic mass is 10.1. The highest BCUT2D eigenvalue weighted by atomic mass is 16.5. The molecule has 0 saturated carbocycles. The van der Waals surface area contributed by atoms with Crippen molar-refractivity contribution in [2.45, 2.75) is 74.3 Å². The summed E-state index contributed by atoms with van der Waals surface area (Å²) in [5.74, 6) is 1.05. The molecular weight excluding hydrogens is 220 g/mol. The first-order valence-corrected chi connectivity index (χ1v) is 7.39. The summed E-state index contributed by atoms with van der Waals surface area (Å²) < 4.78 is 5.75. The first kappa shape index (κ1) is 19.4. The zero-order valence-corrected chi connectivity index (χ0v) is 13.6. The van der Waals surface area contributed by atoms with Gasteiger partial charge < -0.3 is 4.74 Å². The van der Waals surface area contributed by atoms with Gasteiger partial charge in [0.05, 0.1) is 6.10 Å². The molecule has 0 heterocycles. The third-order valence-electron chi connectivity index (χ3n) is 2.10. The van der Waals surface area contributed by atoms with E-state index in [2.05, 4.69) is 45.9 Å². The van der Waals surface area contributed by atoms with Crippen molar-refractivity contribution in [2.24, 2.45) is 0 Å². The first-order chi connectivity index (χ1) is 8.63. The van der Waals surface area contributed by atoms with Gasteiger partial charge in [-0.3, -0.25) is 0 Å². The zero-order chi connectivity index (χ0) is 14.6. The molecule has 0 aliphatic rings. The van der Waals surface area contributed by atoms with Gasteiger partial charge in [0.2, 0.25) is 0 Å². The van der Waals surface area contributed by atoms with Crippen LogP contribution < -0.4 is 4.74 Å². The van der Waals surface area contributed by atoms with Crippen LogP contribution >= 0.6 is 0 Å². The van der Waals surface area contributed by atoms with Crippen molar-refractivity contribution >= 4 is 0 Å². The highest BCUT2D eigenvalue weighted by Crippen LogP contribution is 2.22. The van der Waals surface area contributed by atoms with Crippen LogP contribution in [0.5, 0.6) is 5.75 Å². The van der Waals surface area contributed by atoms with Crippen molar-refractivity contribution < 1.29 is 4.74 Å². The molecule has 0 aliphatic carbocycles. The fourth-order valence-electron chi connectivity index (χ4n) is 1.54. The summed E-state index contributed by atoms with van der Waals surface area (Å²) in [5, 5.41) is 0. The predicted molar refractivity (Wildman–Crippen MR) is 83.6 cm³/mol. The van der Waals surface area contributed by atoms with Gasteiger partial charge in [0, 0.05) is 0 Å². The Morgan fingerprint density at radius 1 is 1.06 bits per heavy atom. The molecule has 1 aromatic rings. The van der Waals surface area contributed by atoms with Crippen LogP contribution in [0, 0.1) is 6.92 Å². The molecule has 1 nitrogen and oxygen atoms in total. The Hall–Kier alpha value is -0.980. The number of hydrogen-bond donors (Lipinski definition) is 0. The molecule has 0 saturated heterocycles. The number of benzene rings is 1. The van der Waals surface area contributed by atoms with Crippen molar-refractivity contribution in [1.82, 2.24) is 0 Å². The Labute approximate surface area is 115 Å². The lowest BCUT2D eigenvalue weighted by Crippen LogP contribution is -2.07. The Morgan fingerprint density at radius 3 is 2.06 bits per heavy atom. The van der Waals surface area contributed by atoms with Crippen LogP contribution in [-0.4, -0.2) is 6.10 Å². The summed E-state index contributed by atoms with van der Waals surface area (Å²) >= 11 is 0. The lowest BCUT2D eigenvalue weighted by Gasteiger charge is -2.14. The summed E-state index contributed by atoms with van der Waals surface area (Å²) in [6.45, 7) is 16.4. The van der Waals surface area contributed by atoms with Gasteiger partial charge in [-0.25, -0.2) is 0 Å². The molecule has 0 fully saturated rings. The quantitative estimate of drug-likeness (QED) is 0.659. The Kier molecular flexibility index (Phi) is 13.4. The standard InChI is InChI=1S/C13H20O.2C2H6/c1-5-6-12-9-11(4)7-8-13(12)14-10(2)3;2*1-2/h7-10H,5-6H2,1-4H3;2*1-2H3. The van der Waals surface area contributed by atoms with E-state index in [0.717, 1.165) is 18.6 Å². The Balaban J connectivity index is 0. The van der Waals surface area contributed by atoms with Gasteiger partial charge >= 0.3 is 0 Å². The lowest BCUT2D eigenvalue weighted by molar-refractivity contribution is 0.240. The zero-order valence-electron chi connectivity index (χ0n) is 13.6. The van der Waals surface area contributed by atoms with Crippen LogP contribution in [0.25, 0.3) is 0 Å². The van der Waals surface area contributed by atoms with Crippen LogP contribution in [0.3, 0.4) is 0 Å². The molecule has 0 aliphatic heterocycles. The van der Waals surface area contributed by atoms with Gasteiger partial charge in [0.1, 0.15) is 5.75 Å². The molecular formula is C17H32O. The molecule has 1 rings (SSSR count). The number of rotatable bonds is 4. The van der Waals surface area contributed by atoms with E-state index in [9.17, 15) is 0 Å². The van der Waals surface area contributed by atoms with E-state index in [1.54, 1.807) is 0 Å². The van der Waals surface area contributed by atoms with Crippen LogP contribution in [0.15, 0.2) is 18.2 Å². The van der Waals surface area contributed by atoms with E-state index in [-0.39, 0.29) is 6.10 Å². The van der Waals surface area contributed by atoms with Crippen molar-refractivity contribution in [1.29, 1.82) is 0 Å². The predicted octanol–water partition coefficient (Wildman–Crippen LogP) is 5.79. The molecule has 1 heteroatoms. The third-order valence-corrected chi connectivity index (χ3v) is 2.10. The largest absolute Gasteiger partial charge is 0.491 e. The average Bonchev–Trinajstić information content (AvgIpc) is 2.37. The molecule has 18 heavy (non-hydrogen) atoms. The van der Waals surface area contributed by atoms with Gasteiger partial charge in [-0.15, -0.1) is 0 Å². The normalized spacial score (nSPS) is 8.94. The van der Waals surface area contributed by atoms with Crippen molar-refractivity contribution in [3.63, 3.8) is 0 Å². The average molecular weight is 252 g/mol. The smallest absolute Gasteiger partial charge is 0.122 e. The van der Waals surface area contributed by atoms with Crippen molar-refractivity contribution in [3.05, 3.63) is 29.3 Å². The van der Waals surface area contributed by atoms with Gasteiger partial charge in [0.25, 0.3) is 0 Å². The van der Waals surface area contributed by atoms with Crippen molar-refractivity contribution in [3.8, 4) is 5.75 Å². The maximum atomic E-state index is 5.75. The maximum Gasteiger partial charge on any atom is 0.122 e. The second-order valence-corrected chi connectivity index (χ2v) is 4.03. The SMILES string of the molecule is CC.CC.CCCc1cc(C)ccc1OC(C)C. The fourth-order valence-corrected chi connectivity index (χ4v) is 1.54. The minimum absolute atomic E-state index is 0.258. The van der Waals surface area contributed by atoms with E-state index < -0.39 is 0 Å². The highest BCUT2D eigenvalue weighted by Gasteiger charge is 2.04. The summed E-state index contributed by atoms with van der Waals surface area (Å²) in [6.07, 6.45) is 2.52. The van der Waals surface area contributed by atoms with Gasteiger partial charge in [-0.1, -0.05) is 58.7 Å². The van der Waals surface area contributed by atoms with Crippen molar-refractivity contribution in [2.75, 3.05) is 0 Å². The molecule has 106 valence electrons. The molecule has 0 N–H and O–H groups in total. The molecule has 1 aromatic carbocycles. The topological polar surface area (TPSA) is 9.23 Å². The molecule has 0 aromatic heterocycles. The molecule has 0 amide bonds. The van der Waals surface area contributed by atoms with E-state index in [1.807, 2.05) is 27.7 Å². The number of aryl methyl sites for hydroxylation is 2. The number of hydrogen-bond acceptors (Lipinski definition) is 1. The minimum atomic E-state index is 0.258. The second-order valence-electron chi connectivity index (χ2n) is 4.03. The van der Waals surface area contributed by atoms with E-state index >= 15 is 0 Å². The molecule has 0 radical (unpaired) electrons. The van der Waals surface area contributed by atoms with Crippen LogP contribution in [0.2, 0.25) is 0 Å². The summed E-state index contributed by atoms with van der Waals surface area (Å²) in [4.78, 5) is 0.